The van der Waals surface area contributed by atoms with Gasteiger partial charge in [0.15, 0.2) is 0 Å². The molecule has 0 atom stereocenters. The van der Waals surface area contributed by atoms with E-state index in [9.17, 15) is 9.59 Å². The van der Waals surface area contributed by atoms with E-state index >= 15 is 0 Å². The van der Waals surface area contributed by atoms with Crippen LogP contribution in [0, 0.1) is 0 Å². The van der Waals surface area contributed by atoms with E-state index in [0.717, 1.165) is 0 Å². The maximum atomic E-state index is 10.3. The van der Waals surface area contributed by atoms with Gasteiger partial charge in [-0.3, -0.25) is 0 Å². The first-order valence-corrected chi connectivity index (χ1v) is 3.73. The van der Waals surface area contributed by atoms with E-state index in [-0.39, 0.29) is 10.9 Å². The second kappa shape index (κ2) is 1.81. The van der Waals surface area contributed by atoms with Crippen molar-refractivity contribution in [3.63, 3.8) is 0 Å². The van der Waals surface area contributed by atoms with Gasteiger partial charge in [0.25, 0.3) is 0 Å². The average molecular weight is 240 g/mol. The van der Waals surface area contributed by atoms with Gasteiger partial charge in [-0.25, -0.2) is 0 Å². The molecular formula is C4H2O2Se2. The van der Waals surface area contributed by atoms with Gasteiger partial charge in [-0.15, -0.1) is 0 Å². The van der Waals surface area contributed by atoms with Crippen LogP contribution in [0.4, 0.5) is 0 Å². The third kappa shape index (κ3) is 0.617. The molecule has 0 spiro atoms. The molecule has 2 nitrogen and oxygen atoms in total. The van der Waals surface area contributed by atoms with Crippen molar-refractivity contribution in [1.82, 2.24) is 0 Å². The second-order valence-electron chi connectivity index (χ2n) is 1.36. The van der Waals surface area contributed by atoms with Gasteiger partial charge in [-0.2, -0.15) is 0 Å². The minimum absolute atomic E-state index is 0.361. The molecule has 0 aromatic heterocycles. The first-order valence-electron chi connectivity index (χ1n) is 1.86. The summed E-state index contributed by atoms with van der Waals surface area (Å²) in [5.41, 5.74) is -0.721. The van der Waals surface area contributed by atoms with Crippen LogP contribution >= 0.6 is 0 Å². The molecule has 0 aliphatic rings. The summed E-state index contributed by atoms with van der Waals surface area (Å²) in [5.74, 6) is 0. The summed E-state index contributed by atoms with van der Waals surface area (Å²) in [4.78, 5) is 20.7. The summed E-state index contributed by atoms with van der Waals surface area (Å²) in [7, 11) is 0. The van der Waals surface area contributed by atoms with Gasteiger partial charge in [0.05, 0.1) is 0 Å². The average Bonchev–Trinajstić information content (AvgIpc) is 1.83. The molecular weight excluding hydrogens is 238 g/mol. The van der Waals surface area contributed by atoms with Crippen LogP contribution in [0.25, 0.3) is 0 Å². The molecule has 0 aliphatic heterocycles. The Bertz CT molecular complexity index is 252. The van der Waals surface area contributed by atoms with Gasteiger partial charge in [-0.1, -0.05) is 0 Å². The van der Waals surface area contributed by atoms with Crippen molar-refractivity contribution in [1.29, 1.82) is 0 Å². The van der Waals surface area contributed by atoms with Crippen LogP contribution in [0.15, 0.2) is 9.59 Å². The molecule has 1 rings (SSSR count). The van der Waals surface area contributed by atoms with Gasteiger partial charge < -0.3 is 0 Å². The molecule has 0 N–H and O–H groups in total. The second-order valence-corrected chi connectivity index (χ2v) is 3.23. The van der Waals surface area contributed by atoms with E-state index in [0.29, 0.717) is 8.92 Å². The maximum absolute atomic E-state index is 10.3. The minimum atomic E-state index is -0.361. The first-order chi connectivity index (χ1) is 3.64. The van der Waals surface area contributed by atoms with Crippen molar-refractivity contribution in [2.75, 3.05) is 0 Å². The molecule has 0 amide bonds. The summed E-state index contributed by atoms with van der Waals surface area (Å²) in [6, 6.07) is 0. The molecule has 0 bridgehead atoms. The Morgan fingerprint density at radius 1 is 0.875 bits per heavy atom. The Labute approximate surface area is 61.6 Å². The fourth-order valence-electron chi connectivity index (χ4n) is 0.368. The monoisotopic (exact) mass is 242 g/mol. The zero-order valence-corrected chi connectivity index (χ0v) is 7.46. The quantitative estimate of drug-likeness (QED) is 0.346. The van der Waals surface area contributed by atoms with Crippen molar-refractivity contribution >= 4 is 40.9 Å². The number of hydrogen-bond donors (Lipinski definition) is 0. The summed E-state index contributed by atoms with van der Waals surface area (Å²) in [5, 5.41) is 0. The first kappa shape index (κ1) is 6.24. The van der Waals surface area contributed by atoms with E-state index in [2.05, 4.69) is 32.0 Å². The van der Waals surface area contributed by atoms with Crippen molar-refractivity contribution in [2.24, 2.45) is 0 Å². The fourth-order valence-corrected chi connectivity index (χ4v) is 1.22. The molecule has 42 valence electrons. The van der Waals surface area contributed by atoms with Crippen LogP contribution in [0.3, 0.4) is 0 Å². The Morgan fingerprint density at radius 3 is 1.25 bits per heavy atom. The topological polar surface area (TPSA) is 34.1 Å². The molecule has 4 heteroatoms. The van der Waals surface area contributed by atoms with Crippen molar-refractivity contribution in [3.05, 3.63) is 20.4 Å². The SMILES string of the molecule is O=c1c([SeH])c([SeH])c1=O. The predicted octanol–water partition coefficient (Wildman–Crippen LogP) is -3.67. The van der Waals surface area contributed by atoms with E-state index < -0.39 is 0 Å². The molecule has 0 unspecified atom stereocenters. The molecule has 0 radical (unpaired) electrons. The molecule has 0 heterocycles. The van der Waals surface area contributed by atoms with Crippen LogP contribution in [-0.2, 0) is 0 Å². The van der Waals surface area contributed by atoms with Gasteiger partial charge in [-0.05, 0) is 0 Å². The fraction of sp³-hybridized carbons (Fsp3) is 0. The van der Waals surface area contributed by atoms with Crippen molar-refractivity contribution in [3.8, 4) is 0 Å². The Morgan fingerprint density at radius 2 is 1.12 bits per heavy atom. The summed E-state index contributed by atoms with van der Waals surface area (Å²) >= 11 is 4.15. The Kier molecular flexibility index (Phi) is 1.42. The third-order valence-corrected chi connectivity index (χ3v) is 3.48. The zero-order valence-electron chi connectivity index (χ0n) is 3.71. The molecule has 8 heavy (non-hydrogen) atoms. The molecule has 0 fully saturated rings. The molecule has 1 aromatic rings. The van der Waals surface area contributed by atoms with Gasteiger partial charge >= 0.3 is 61.4 Å². The Hall–Kier alpha value is 0.119. The number of rotatable bonds is 0. The van der Waals surface area contributed by atoms with Crippen LogP contribution < -0.4 is 19.8 Å². The number of hydrogen-bond acceptors (Lipinski definition) is 2. The summed E-state index contributed by atoms with van der Waals surface area (Å²) in [6.45, 7) is 0. The Balaban J connectivity index is 3.48. The molecule has 0 saturated carbocycles. The van der Waals surface area contributed by atoms with E-state index in [1.807, 2.05) is 0 Å². The standard InChI is InChI=1S/C4H2O2Se2/c5-1-2(6)4(8)3(1)7/h7-8H. The van der Waals surface area contributed by atoms with Crippen LogP contribution in [0.1, 0.15) is 0 Å². The molecule has 0 aliphatic carbocycles. The summed E-state index contributed by atoms with van der Waals surface area (Å²) < 4.78 is 1.06. The third-order valence-electron chi connectivity index (χ3n) is 0.861. The van der Waals surface area contributed by atoms with E-state index in [4.69, 9.17) is 0 Å². The van der Waals surface area contributed by atoms with Crippen molar-refractivity contribution < 1.29 is 0 Å². The predicted molar refractivity (Wildman–Crippen MR) is 34.9 cm³/mol. The van der Waals surface area contributed by atoms with E-state index in [1.165, 1.54) is 0 Å². The van der Waals surface area contributed by atoms with Crippen LogP contribution in [-0.4, -0.2) is 32.0 Å². The summed E-state index contributed by atoms with van der Waals surface area (Å²) in [6.07, 6.45) is 0. The van der Waals surface area contributed by atoms with Crippen LogP contribution in [0.5, 0.6) is 0 Å². The zero-order chi connectivity index (χ0) is 6.31. The van der Waals surface area contributed by atoms with Gasteiger partial charge in [0, 0.05) is 0 Å². The normalized spacial score (nSPS) is 10.2. The van der Waals surface area contributed by atoms with Gasteiger partial charge in [0.1, 0.15) is 0 Å². The van der Waals surface area contributed by atoms with Crippen molar-refractivity contribution in [2.45, 2.75) is 0 Å². The van der Waals surface area contributed by atoms with Gasteiger partial charge in [0.2, 0.25) is 0 Å². The molecule has 0 saturated heterocycles. The van der Waals surface area contributed by atoms with E-state index in [1.54, 1.807) is 0 Å². The molecule has 1 aromatic carbocycles. The van der Waals surface area contributed by atoms with Crippen LogP contribution in [0.2, 0.25) is 0 Å².